The summed E-state index contributed by atoms with van der Waals surface area (Å²) in [6.45, 7) is 3.26. The topological polar surface area (TPSA) is 91.6 Å². The molecule has 0 amide bonds. The predicted octanol–water partition coefficient (Wildman–Crippen LogP) is 6.61. The number of aliphatic hydroxyl groups is 1. The number of aromatic nitrogens is 3. The van der Waals surface area contributed by atoms with E-state index >= 15 is 4.39 Å². The van der Waals surface area contributed by atoms with E-state index in [1.165, 1.54) is 18.2 Å². The highest BCUT2D eigenvalue weighted by Crippen LogP contribution is 2.53. The number of benzene rings is 2. The van der Waals surface area contributed by atoms with Crippen molar-refractivity contribution in [3.8, 4) is 23.0 Å². The maximum absolute atomic E-state index is 16.9. The van der Waals surface area contributed by atoms with Crippen LogP contribution in [0.2, 0.25) is 0 Å². The summed E-state index contributed by atoms with van der Waals surface area (Å²) in [5.74, 6) is -0.796. The third-order valence-corrected chi connectivity index (χ3v) is 11.1. The summed E-state index contributed by atoms with van der Waals surface area (Å²) in [7, 11) is 0. The molecule has 0 radical (unpaired) electrons. The highest BCUT2D eigenvalue weighted by molar-refractivity contribution is 6.01. The van der Waals surface area contributed by atoms with Gasteiger partial charge in [0.05, 0.1) is 17.3 Å². The maximum atomic E-state index is 16.9. The monoisotopic (exact) mass is 618 g/mol. The van der Waals surface area contributed by atoms with E-state index in [0.29, 0.717) is 59.6 Å². The van der Waals surface area contributed by atoms with Crippen molar-refractivity contribution in [1.29, 1.82) is 0 Å². The highest BCUT2D eigenvalue weighted by Gasteiger charge is 2.50. The summed E-state index contributed by atoms with van der Waals surface area (Å²) < 4.78 is 52.6. The number of halogens is 3. The Morgan fingerprint density at radius 1 is 1.11 bits per heavy atom. The SMILES string of the molecule is CCc1c(F)ccc2cc(O)cc(-c3ncc4c(C5C6CCC5CC(O)C6)nc(OC[C@@]56CCCN5C[C@H](F)C6)nc4c3F)c12. The van der Waals surface area contributed by atoms with Crippen molar-refractivity contribution in [3.05, 3.63) is 53.4 Å². The first kappa shape index (κ1) is 28.9. The van der Waals surface area contributed by atoms with Crippen LogP contribution in [-0.4, -0.2) is 67.6 Å². The largest absolute Gasteiger partial charge is 0.508 e. The van der Waals surface area contributed by atoms with E-state index < -0.39 is 23.3 Å². The van der Waals surface area contributed by atoms with Gasteiger partial charge in [0, 0.05) is 36.0 Å². The summed E-state index contributed by atoms with van der Waals surface area (Å²) in [6, 6.07) is 5.92. The Balaban J connectivity index is 1.29. The maximum Gasteiger partial charge on any atom is 0.317 e. The van der Waals surface area contributed by atoms with Crippen molar-refractivity contribution in [2.45, 2.75) is 82.0 Å². The Morgan fingerprint density at radius 2 is 1.91 bits per heavy atom. The molecule has 0 spiro atoms. The molecule has 4 aliphatic rings. The van der Waals surface area contributed by atoms with Gasteiger partial charge in [0.15, 0.2) is 5.82 Å². The molecule has 4 atom stereocenters. The normalized spacial score (nSPS) is 29.6. The van der Waals surface area contributed by atoms with Gasteiger partial charge in [-0.15, -0.1) is 0 Å². The van der Waals surface area contributed by atoms with Crippen LogP contribution < -0.4 is 4.74 Å². The van der Waals surface area contributed by atoms with Gasteiger partial charge >= 0.3 is 6.01 Å². The van der Waals surface area contributed by atoms with E-state index in [1.807, 2.05) is 6.92 Å². The lowest BCUT2D eigenvalue weighted by molar-refractivity contribution is 0.0822. The fourth-order valence-electron chi connectivity index (χ4n) is 9.19. The van der Waals surface area contributed by atoms with E-state index in [0.717, 1.165) is 32.2 Å². The van der Waals surface area contributed by atoms with Crippen molar-refractivity contribution >= 4 is 21.7 Å². The lowest BCUT2D eigenvalue weighted by Crippen LogP contribution is -2.43. The van der Waals surface area contributed by atoms with Gasteiger partial charge in [0.2, 0.25) is 0 Å². The number of fused-ring (bicyclic) bond motifs is 5. The Bertz CT molecular complexity index is 1810. The third-order valence-electron chi connectivity index (χ3n) is 11.1. The van der Waals surface area contributed by atoms with E-state index in [2.05, 4.69) is 14.9 Å². The van der Waals surface area contributed by atoms with E-state index in [-0.39, 0.29) is 59.0 Å². The van der Waals surface area contributed by atoms with E-state index in [1.54, 1.807) is 12.3 Å². The van der Waals surface area contributed by atoms with Gasteiger partial charge in [0.1, 0.15) is 35.6 Å². The number of hydrogen-bond donors (Lipinski definition) is 2. The van der Waals surface area contributed by atoms with Crippen LogP contribution in [0.4, 0.5) is 13.2 Å². The molecule has 236 valence electrons. The fourth-order valence-corrected chi connectivity index (χ4v) is 9.19. The number of alkyl halides is 1. The van der Waals surface area contributed by atoms with Gasteiger partial charge in [0.25, 0.3) is 0 Å². The number of pyridine rings is 1. The first-order valence-electron chi connectivity index (χ1n) is 16.2. The van der Waals surface area contributed by atoms with Gasteiger partial charge in [-0.2, -0.15) is 9.97 Å². The van der Waals surface area contributed by atoms with Crippen LogP contribution in [0, 0.1) is 23.5 Å². The van der Waals surface area contributed by atoms with Gasteiger partial charge in [-0.25, -0.2) is 13.2 Å². The zero-order valence-corrected chi connectivity index (χ0v) is 25.3. The van der Waals surface area contributed by atoms with Crippen LogP contribution in [0.5, 0.6) is 11.8 Å². The zero-order chi connectivity index (χ0) is 31.0. The molecule has 2 aliphatic heterocycles. The van der Waals surface area contributed by atoms with Crippen LogP contribution in [0.1, 0.15) is 69.0 Å². The molecule has 4 aromatic rings. The second-order valence-electron chi connectivity index (χ2n) is 13.7. The first-order valence-corrected chi connectivity index (χ1v) is 16.2. The minimum absolute atomic E-state index is 0.00136. The Hall–Kier alpha value is -3.50. The molecule has 2 saturated carbocycles. The minimum Gasteiger partial charge on any atom is -0.508 e. The van der Waals surface area contributed by atoms with Crippen LogP contribution in [0.3, 0.4) is 0 Å². The van der Waals surface area contributed by atoms with Gasteiger partial charge in [-0.1, -0.05) is 13.0 Å². The second kappa shape index (κ2) is 10.8. The van der Waals surface area contributed by atoms with E-state index in [4.69, 9.17) is 9.72 Å². The molecular weight excluding hydrogens is 581 g/mol. The number of ether oxygens (including phenoxy) is 1. The van der Waals surface area contributed by atoms with Crippen LogP contribution in [-0.2, 0) is 6.42 Å². The summed E-state index contributed by atoms with van der Waals surface area (Å²) in [6.07, 6.45) is 6.10. The lowest BCUT2D eigenvalue weighted by atomic mass is 9.75. The Morgan fingerprint density at radius 3 is 2.69 bits per heavy atom. The number of rotatable bonds is 6. The average molecular weight is 619 g/mol. The number of aromatic hydroxyl groups is 1. The van der Waals surface area contributed by atoms with Crippen molar-refractivity contribution in [2.24, 2.45) is 11.8 Å². The number of hydrogen-bond acceptors (Lipinski definition) is 7. The van der Waals surface area contributed by atoms with Gasteiger partial charge < -0.3 is 14.9 Å². The van der Waals surface area contributed by atoms with E-state index in [9.17, 15) is 19.0 Å². The van der Waals surface area contributed by atoms with Gasteiger partial charge in [-0.05, 0) is 97.9 Å². The minimum atomic E-state index is -0.910. The van der Waals surface area contributed by atoms with Crippen molar-refractivity contribution in [1.82, 2.24) is 19.9 Å². The molecule has 2 aromatic carbocycles. The molecular formula is C35H37F3N4O3. The van der Waals surface area contributed by atoms with Gasteiger partial charge in [-0.3, -0.25) is 9.88 Å². The summed E-state index contributed by atoms with van der Waals surface area (Å²) in [4.78, 5) is 16.2. The van der Waals surface area contributed by atoms with Crippen LogP contribution in [0.15, 0.2) is 30.5 Å². The number of aryl methyl sites for hydroxylation is 1. The molecule has 2 aliphatic carbocycles. The number of phenolic OH excluding ortho intramolecular Hbond substituents is 1. The smallest absolute Gasteiger partial charge is 0.317 e. The number of phenols is 1. The third kappa shape index (κ3) is 4.66. The quantitative estimate of drug-likeness (QED) is 0.251. The average Bonchev–Trinajstić information content (AvgIpc) is 3.63. The number of aliphatic hydroxyl groups excluding tert-OH is 1. The Labute approximate surface area is 259 Å². The molecule has 2 unspecified atom stereocenters. The summed E-state index contributed by atoms with van der Waals surface area (Å²) in [5.41, 5.74) is 0.949. The van der Waals surface area contributed by atoms with Crippen molar-refractivity contribution in [2.75, 3.05) is 19.7 Å². The molecule has 4 fully saturated rings. The molecule has 2 saturated heterocycles. The second-order valence-corrected chi connectivity index (χ2v) is 13.7. The predicted molar refractivity (Wildman–Crippen MR) is 164 cm³/mol. The molecule has 2 aromatic heterocycles. The molecule has 4 heterocycles. The summed E-state index contributed by atoms with van der Waals surface area (Å²) in [5, 5.41) is 22.6. The molecule has 8 rings (SSSR count). The Kier molecular flexibility index (Phi) is 6.94. The molecule has 2 bridgehead atoms. The van der Waals surface area contributed by atoms with Crippen molar-refractivity contribution < 1.29 is 28.1 Å². The number of nitrogens with zero attached hydrogens (tertiary/aromatic N) is 4. The fraction of sp³-hybridized carbons (Fsp3) is 0.514. The molecule has 7 nitrogen and oxygen atoms in total. The molecule has 2 N–H and O–H groups in total. The van der Waals surface area contributed by atoms with Crippen LogP contribution >= 0.6 is 0 Å². The standard InChI is InChI=1S/C35H37F3N4O3/c1-2-24-27(37)7-6-20-12-23(44)13-25(29(20)24)32-30(38)33-26(15-39-32)31(28-18-4-5-19(28)11-22(43)10-18)40-34(41-33)45-17-35-8-3-9-42(35)16-21(36)14-35/h6-7,12-13,15,18-19,21-22,28,43-44H,2-5,8-11,14,16-17H2,1H3/t18?,19?,21-,22?,28?,35+/m1/s1. The highest BCUT2D eigenvalue weighted by atomic mass is 19.1. The summed E-state index contributed by atoms with van der Waals surface area (Å²) >= 11 is 0. The van der Waals surface area contributed by atoms with Crippen LogP contribution in [0.25, 0.3) is 32.9 Å². The molecule has 45 heavy (non-hydrogen) atoms. The van der Waals surface area contributed by atoms with Crippen molar-refractivity contribution in [3.63, 3.8) is 0 Å². The lowest BCUT2D eigenvalue weighted by Gasteiger charge is -2.33. The molecule has 10 heteroatoms. The first-order chi connectivity index (χ1) is 21.7. The zero-order valence-electron chi connectivity index (χ0n) is 25.3.